The molecule has 5 nitrogen and oxygen atoms in total. The Morgan fingerprint density at radius 2 is 2.27 bits per heavy atom. The molecule has 0 saturated heterocycles. The summed E-state index contributed by atoms with van der Waals surface area (Å²) < 4.78 is 0. The predicted molar refractivity (Wildman–Crippen MR) is 55.5 cm³/mol. The van der Waals surface area contributed by atoms with Crippen LogP contribution in [0.1, 0.15) is 13.8 Å². The number of aliphatic carboxylic acids is 1. The minimum atomic E-state index is -0.987. The standard InChI is InChI=1S/C9H10N2O3S/c1-4-3-6(12)11-5(2)7(8(13)14)15-9(11)10-4/h3,9-10H,1-2H3,(H,13,14)/t9-/m1/s1. The van der Waals surface area contributed by atoms with E-state index < -0.39 is 5.97 Å². The van der Waals surface area contributed by atoms with Gasteiger partial charge in [0.1, 0.15) is 4.91 Å². The quantitative estimate of drug-likeness (QED) is 0.687. The summed E-state index contributed by atoms with van der Waals surface area (Å²) in [4.78, 5) is 24.2. The number of allylic oxidation sites excluding steroid dienone is 2. The van der Waals surface area contributed by atoms with E-state index in [-0.39, 0.29) is 16.3 Å². The van der Waals surface area contributed by atoms with E-state index in [0.717, 1.165) is 17.5 Å². The summed E-state index contributed by atoms with van der Waals surface area (Å²) in [6, 6.07) is 0. The molecule has 2 rings (SSSR count). The van der Waals surface area contributed by atoms with Crippen LogP contribution >= 0.6 is 11.8 Å². The molecule has 6 heteroatoms. The number of carbonyl (C=O) groups is 2. The molecule has 0 fully saturated rings. The molecule has 0 aromatic rings. The van der Waals surface area contributed by atoms with Crippen LogP contribution in [0.3, 0.4) is 0 Å². The minimum Gasteiger partial charge on any atom is -0.477 e. The fourth-order valence-electron chi connectivity index (χ4n) is 1.61. The molecule has 0 saturated carbocycles. The molecule has 0 aromatic heterocycles. The molecule has 1 amide bonds. The van der Waals surface area contributed by atoms with Crippen molar-refractivity contribution < 1.29 is 14.7 Å². The van der Waals surface area contributed by atoms with E-state index >= 15 is 0 Å². The smallest absolute Gasteiger partial charge is 0.344 e. The summed E-state index contributed by atoms with van der Waals surface area (Å²) >= 11 is 1.15. The second-order valence-electron chi connectivity index (χ2n) is 3.37. The van der Waals surface area contributed by atoms with Crippen molar-refractivity contribution in [2.24, 2.45) is 0 Å². The summed E-state index contributed by atoms with van der Waals surface area (Å²) in [5.41, 5.74) is 0.945. The van der Waals surface area contributed by atoms with Gasteiger partial charge in [-0.2, -0.15) is 0 Å². The minimum absolute atomic E-state index is 0.169. The van der Waals surface area contributed by atoms with Crippen LogP contribution in [0.4, 0.5) is 0 Å². The van der Waals surface area contributed by atoms with Crippen molar-refractivity contribution in [2.75, 3.05) is 0 Å². The van der Waals surface area contributed by atoms with Crippen molar-refractivity contribution >= 4 is 23.6 Å². The Hall–Kier alpha value is -1.43. The molecule has 0 aliphatic carbocycles. The number of carboxylic acid groups (broad SMARTS) is 1. The molecule has 15 heavy (non-hydrogen) atoms. The first-order chi connectivity index (χ1) is 7.00. The second kappa shape index (κ2) is 3.30. The van der Waals surface area contributed by atoms with Gasteiger partial charge in [0.2, 0.25) is 0 Å². The molecule has 0 unspecified atom stereocenters. The summed E-state index contributed by atoms with van der Waals surface area (Å²) in [6.45, 7) is 3.43. The van der Waals surface area contributed by atoms with Crippen molar-refractivity contribution in [1.82, 2.24) is 10.2 Å². The topological polar surface area (TPSA) is 69.6 Å². The molecule has 0 spiro atoms. The van der Waals surface area contributed by atoms with Gasteiger partial charge in [0, 0.05) is 17.5 Å². The Bertz CT molecular complexity index is 414. The number of hydrogen-bond acceptors (Lipinski definition) is 4. The van der Waals surface area contributed by atoms with E-state index in [1.165, 1.54) is 11.0 Å². The van der Waals surface area contributed by atoms with E-state index in [1.54, 1.807) is 13.8 Å². The molecule has 0 bridgehead atoms. The van der Waals surface area contributed by atoms with Crippen molar-refractivity contribution in [3.8, 4) is 0 Å². The maximum atomic E-state index is 11.6. The zero-order valence-electron chi connectivity index (χ0n) is 8.27. The molecular formula is C9H10N2O3S. The Morgan fingerprint density at radius 1 is 1.60 bits per heavy atom. The van der Waals surface area contributed by atoms with E-state index in [1.807, 2.05) is 0 Å². The van der Waals surface area contributed by atoms with Crippen molar-refractivity contribution in [1.29, 1.82) is 0 Å². The average Bonchev–Trinajstić information content (AvgIpc) is 2.42. The third kappa shape index (κ3) is 1.50. The number of amides is 1. The first-order valence-electron chi connectivity index (χ1n) is 4.39. The highest BCUT2D eigenvalue weighted by molar-refractivity contribution is 8.04. The highest BCUT2D eigenvalue weighted by Gasteiger charge is 2.38. The van der Waals surface area contributed by atoms with Gasteiger partial charge in [-0.05, 0) is 13.8 Å². The van der Waals surface area contributed by atoms with Gasteiger partial charge in [-0.3, -0.25) is 9.69 Å². The monoisotopic (exact) mass is 226 g/mol. The van der Waals surface area contributed by atoms with Crippen LogP contribution in [-0.4, -0.2) is 27.4 Å². The summed E-state index contributed by atoms with van der Waals surface area (Å²) in [6.07, 6.45) is 1.46. The SMILES string of the molecule is CC1=CC(=O)N2C(C)=C(C(=O)O)S[C@@H]2N1. The van der Waals surface area contributed by atoms with Crippen molar-refractivity contribution in [3.63, 3.8) is 0 Å². The molecule has 2 N–H and O–H groups in total. The fraction of sp³-hybridized carbons (Fsp3) is 0.333. The van der Waals surface area contributed by atoms with Gasteiger partial charge >= 0.3 is 5.97 Å². The number of rotatable bonds is 1. The highest BCUT2D eigenvalue weighted by atomic mass is 32.2. The Balaban J connectivity index is 2.36. The van der Waals surface area contributed by atoms with Crippen molar-refractivity contribution in [3.05, 3.63) is 22.4 Å². The van der Waals surface area contributed by atoms with Crippen LogP contribution in [0.15, 0.2) is 22.4 Å². The molecule has 0 radical (unpaired) electrons. The molecule has 2 heterocycles. The zero-order valence-corrected chi connectivity index (χ0v) is 9.09. The number of thioether (sulfide) groups is 1. The molecule has 80 valence electrons. The fourth-order valence-corrected chi connectivity index (χ4v) is 2.81. The van der Waals surface area contributed by atoms with Gasteiger partial charge in [-0.15, -0.1) is 0 Å². The summed E-state index contributed by atoms with van der Waals surface area (Å²) in [7, 11) is 0. The lowest BCUT2D eigenvalue weighted by molar-refractivity contribution is -0.131. The van der Waals surface area contributed by atoms with Gasteiger partial charge in [-0.25, -0.2) is 4.79 Å². The number of hydrogen-bond donors (Lipinski definition) is 2. The van der Waals surface area contributed by atoms with Crippen molar-refractivity contribution in [2.45, 2.75) is 19.3 Å². The molecule has 1 atom stereocenters. The summed E-state index contributed by atoms with van der Waals surface area (Å²) in [5.74, 6) is -1.16. The number of nitrogens with zero attached hydrogens (tertiary/aromatic N) is 1. The Labute approximate surface area is 90.8 Å². The van der Waals surface area contributed by atoms with Crippen LogP contribution in [0.2, 0.25) is 0 Å². The van der Waals surface area contributed by atoms with Gasteiger partial charge in [0.15, 0.2) is 5.50 Å². The summed E-state index contributed by atoms with van der Waals surface area (Å²) in [5, 5.41) is 12.0. The first-order valence-corrected chi connectivity index (χ1v) is 5.27. The predicted octanol–water partition coefficient (Wildman–Crippen LogP) is 0.669. The molecule has 0 aromatic carbocycles. The molecular weight excluding hydrogens is 216 g/mol. The van der Waals surface area contributed by atoms with Gasteiger partial charge < -0.3 is 10.4 Å². The number of carboxylic acids is 1. The lowest BCUT2D eigenvalue weighted by Gasteiger charge is -2.30. The van der Waals surface area contributed by atoms with Crippen LogP contribution in [0, 0.1) is 0 Å². The van der Waals surface area contributed by atoms with E-state index in [9.17, 15) is 9.59 Å². The second-order valence-corrected chi connectivity index (χ2v) is 4.46. The third-order valence-electron chi connectivity index (χ3n) is 2.28. The van der Waals surface area contributed by atoms with E-state index in [0.29, 0.717) is 5.70 Å². The molecule has 2 aliphatic heterocycles. The maximum absolute atomic E-state index is 11.6. The lowest BCUT2D eigenvalue weighted by atomic mass is 10.3. The first kappa shape index (κ1) is 10.1. The van der Waals surface area contributed by atoms with Crippen LogP contribution in [-0.2, 0) is 9.59 Å². The van der Waals surface area contributed by atoms with Crippen LogP contribution in [0.25, 0.3) is 0 Å². The molecule has 2 aliphatic rings. The largest absolute Gasteiger partial charge is 0.477 e. The highest BCUT2D eigenvalue weighted by Crippen LogP contribution is 2.38. The normalized spacial score (nSPS) is 24.9. The third-order valence-corrected chi connectivity index (χ3v) is 3.53. The van der Waals surface area contributed by atoms with E-state index in [4.69, 9.17) is 5.11 Å². The Kier molecular flexibility index (Phi) is 2.22. The lowest BCUT2D eigenvalue weighted by Crippen LogP contribution is -2.45. The maximum Gasteiger partial charge on any atom is 0.344 e. The number of fused-ring (bicyclic) bond motifs is 1. The van der Waals surface area contributed by atoms with Gasteiger partial charge in [-0.1, -0.05) is 11.8 Å². The van der Waals surface area contributed by atoms with E-state index in [2.05, 4.69) is 5.32 Å². The average molecular weight is 226 g/mol. The number of nitrogens with one attached hydrogen (secondary N) is 1. The zero-order chi connectivity index (χ0) is 11.2. The van der Waals surface area contributed by atoms with Gasteiger partial charge in [0.25, 0.3) is 5.91 Å². The van der Waals surface area contributed by atoms with Crippen LogP contribution < -0.4 is 5.32 Å². The number of carbonyl (C=O) groups excluding carboxylic acids is 1. The Morgan fingerprint density at radius 3 is 2.87 bits per heavy atom. The van der Waals surface area contributed by atoms with Crippen LogP contribution in [0.5, 0.6) is 0 Å². The van der Waals surface area contributed by atoms with Gasteiger partial charge in [0.05, 0.1) is 0 Å².